The van der Waals surface area contributed by atoms with Crippen molar-refractivity contribution in [1.29, 1.82) is 0 Å². The van der Waals surface area contributed by atoms with Gasteiger partial charge < -0.3 is 25.4 Å². The minimum atomic E-state index is -0.596. The lowest BCUT2D eigenvalue weighted by molar-refractivity contribution is -0.121. The molecule has 10 nitrogen and oxygen atoms in total. The predicted molar refractivity (Wildman–Crippen MR) is 120 cm³/mol. The number of nitrogens with zero attached hydrogens (tertiary/aromatic N) is 4. The van der Waals surface area contributed by atoms with E-state index in [1.54, 1.807) is 36.1 Å². The van der Waals surface area contributed by atoms with Gasteiger partial charge in [-0.25, -0.2) is 9.37 Å². The van der Waals surface area contributed by atoms with Gasteiger partial charge >= 0.3 is 0 Å². The predicted octanol–water partition coefficient (Wildman–Crippen LogP) is 2.97. The molecular formula is C22H20FN7O3. The van der Waals surface area contributed by atoms with E-state index in [1.807, 2.05) is 18.2 Å². The molecule has 0 fully saturated rings. The Morgan fingerprint density at radius 2 is 1.85 bits per heavy atom. The average molecular weight is 449 g/mol. The van der Waals surface area contributed by atoms with Crippen molar-refractivity contribution in [2.45, 2.75) is 6.54 Å². The van der Waals surface area contributed by atoms with Crippen LogP contribution in [0.3, 0.4) is 0 Å². The highest BCUT2D eigenvalue weighted by Gasteiger charge is 2.14. The standard InChI is InChI=1S/C22H20FN7O3/c1-24-20(31)12-30-17-4-2-14(8-13(17)10-26-30)28-22-25-11-16(23)21(29-22)27-15-3-5-18-19(9-15)33-7-6-32-18/h2-5,8-11H,6-7,12H2,1H3,(H,24,31)(H2,25,27,28,29). The van der Waals surface area contributed by atoms with E-state index in [9.17, 15) is 9.18 Å². The monoisotopic (exact) mass is 449 g/mol. The Balaban J connectivity index is 1.35. The molecule has 1 aliphatic rings. The summed E-state index contributed by atoms with van der Waals surface area (Å²) in [5.41, 5.74) is 2.11. The highest BCUT2D eigenvalue weighted by atomic mass is 19.1. The number of hydrogen-bond acceptors (Lipinski definition) is 8. The number of anilines is 4. The summed E-state index contributed by atoms with van der Waals surface area (Å²) in [6, 6.07) is 10.7. The first-order chi connectivity index (χ1) is 16.1. The number of likely N-dealkylation sites (N-methyl/N-ethyl adjacent to an activating group) is 1. The first-order valence-electron chi connectivity index (χ1n) is 10.2. The van der Waals surface area contributed by atoms with Gasteiger partial charge in [-0.3, -0.25) is 9.48 Å². The van der Waals surface area contributed by atoms with Gasteiger partial charge in [-0.05, 0) is 30.3 Å². The zero-order valence-electron chi connectivity index (χ0n) is 17.6. The van der Waals surface area contributed by atoms with Gasteiger partial charge in [0, 0.05) is 29.9 Å². The molecule has 2 aromatic carbocycles. The molecule has 0 saturated carbocycles. The maximum atomic E-state index is 14.4. The number of aromatic nitrogens is 4. The van der Waals surface area contributed by atoms with Crippen LogP contribution in [0.25, 0.3) is 10.9 Å². The number of carbonyl (C=O) groups is 1. The summed E-state index contributed by atoms with van der Waals surface area (Å²) in [5.74, 6) is 0.731. The van der Waals surface area contributed by atoms with Crippen LogP contribution in [-0.4, -0.2) is 45.9 Å². The number of amides is 1. The second kappa shape index (κ2) is 8.61. The fourth-order valence-electron chi connectivity index (χ4n) is 3.41. The zero-order valence-corrected chi connectivity index (χ0v) is 17.6. The SMILES string of the molecule is CNC(=O)Cn1ncc2cc(Nc3ncc(F)c(Nc4ccc5c(c4)OCCO5)n3)ccc21. The Hall–Kier alpha value is -4.41. The van der Waals surface area contributed by atoms with E-state index in [4.69, 9.17) is 9.47 Å². The summed E-state index contributed by atoms with van der Waals surface area (Å²) in [6.07, 6.45) is 2.76. The van der Waals surface area contributed by atoms with Crippen LogP contribution < -0.4 is 25.4 Å². The normalized spacial score (nSPS) is 12.4. The Bertz CT molecular complexity index is 1340. The number of fused-ring (bicyclic) bond motifs is 2. The van der Waals surface area contributed by atoms with Gasteiger partial charge in [0.05, 0.1) is 17.9 Å². The lowest BCUT2D eigenvalue weighted by Gasteiger charge is -2.19. The second-order valence-corrected chi connectivity index (χ2v) is 7.25. The first kappa shape index (κ1) is 20.5. The maximum absolute atomic E-state index is 14.4. The van der Waals surface area contributed by atoms with Crippen LogP contribution in [0.15, 0.2) is 48.8 Å². The molecule has 0 atom stereocenters. The van der Waals surface area contributed by atoms with Crippen molar-refractivity contribution in [3.8, 4) is 11.5 Å². The number of nitrogens with one attached hydrogen (secondary N) is 3. The number of benzene rings is 2. The van der Waals surface area contributed by atoms with Crippen molar-refractivity contribution in [2.24, 2.45) is 0 Å². The summed E-state index contributed by atoms with van der Waals surface area (Å²) in [6.45, 7) is 1.08. The zero-order chi connectivity index (χ0) is 22.8. The molecule has 5 rings (SSSR count). The molecule has 1 aliphatic heterocycles. The summed E-state index contributed by atoms with van der Waals surface area (Å²) < 4.78 is 27.0. The Labute approximate surface area is 187 Å². The van der Waals surface area contributed by atoms with Crippen LogP contribution in [0.5, 0.6) is 11.5 Å². The van der Waals surface area contributed by atoms with Gasteiger partial charge in [0.2, 0.25) is 11.9 Å². The topological polar surface area (TPSA) is 115 Å². The molecule has 33 heavy (non-hydrogen) atoms. The van der Waals surface area contributed by atoms with E-state index in [1.165, 1.54) is 0 Å². The number of halogens is 1. The van der Waals surface area contributed by atoms with E-state index in [0.29, 0.717) is 36.1 Å². The molecule has 2 aromatic heterocycles. The van der Waals surface area contributed by atoms with Crippen molar-refractivity contribution in [2.75, 3.05) is 30.9 Å². The van der Waals surface area contributed by atoms with Gasteiger partial charge in [0.25, 0.3) is 0 Å². The molecule has 4 aromatic rings. The van der Waals surface area contributed by atoms with E-state index in [-0.39, 0.29) is 24.2 Å². The van der Waals surface area contributed by atoms with Gasteiger partial charge in [-0.1, -0.05) is 0 Å². The molecule has 168 valence electrons. The molecule has 11 heteroatoms. The molecule has 3 N–H and O–H groups in total. The lowest BCUT2D eigenvalue weighted by Crippen LogP contribution is -2.23. The number of carbonyl (C=O) groups excluding carboxylic acids is 1. The third kappa shape index (κ3) is 4.33. The molecule has 0 spiro atoms. The van der Waals surface area contributed by atoms with Crippen LogP contribution >= 0.6 is 0 Å². The summed E-state index contributed by atoms with van der Waals surface area (Å²) in [4.78, 5) is 19.9. The smallest absolute Gasteiger partial charge is 0.241 e. The van der Waals surface area contributed by atoms with Gasteiger partial charge in [-0.2, -0.15) is 10.1 Å². The number of rotatable bonds is 6. The molecule has 0 radical (unpaired) electrons. The third-order valence-corrected chi connectivity index (χ3v) is 5.02. The highest BCUT2D eigenvalue weighted by molar-refractivity contribution is 5.85. The molecule has 0 unspecified atom stereocenters. The maximum Gasteiger partial charge on any atom is 0.241 e. The molecule has 0 aliphatic carbocycles. The fraction of sp³-hybridized carbons (Fsp3) is 0.182. The van der Waals surface area contributed by atoms with Crippen LogP contribution in [0, 0.1) is 5.82 Å². The van der Waals surface area contributed by atoms with Crippen molar-refractivity contribution < 1.29 is 18.7 Å². The molecule has 1 amide bonds. The van der Waals surface area contributed by atoms with E-state index >= 15 is 0 Å². The highest BCUT2D eigenvalue weighted by Crippen LogP contribution is 2.33. The molecule has 0 bridgehead atoms. The van der Waals surface area contributed by atoms with Crippen LogP contribution in [0.1, 0.15) is 0 Å². The van der Waals surface area contributed by atoms with Gasteiger partial charge in [0.1, 0.15) is 19.8 Å². The summed E-state index contributed by atoms with van der Waals surface area (Å²) in [5, 5.41) is 13.7. The molecular weight excluding hydrogens is 429 g/mol. The van der Waals surface area contributed by atoms with Crippen LogP contribution in [0.2, 0.25) is 0 Å². The fourth-order valence-corrected chi connectivity index (χ4v) is 3.41. The second-order valence-electron chi connectivity index (χ2n) is 7.25. The molecule has 3 heterocycles. The van der Waals surface area contributed by atoms with Gasteiger partial charge in [0.15, 0.2) is 23.1 Å². The summed E-state index contributed by atoms with van der Waals surface area (Å²) >= 11 is 0. The third-order valence-electron chi connectivity index (χ3n) is 5.02. The van der Waals surface area contributed by atoms with Crippen molar-refractivity contribution in [3.63, 3.8) is 0 Å². The Morgan fingerprint density at radius 3 is 2.70 bits per heavy atom. The average Bonchev–Trinajstić information content (AvgIpc) is 3.23. The Kier molecular flexibility index (Phi) is 5.35. The Morgan fingerprint density at radius 1 is 1.06 bits per heavy atom. The van der Waals surface area contributed by atoms with Crippen LogP contribution in [0.4, 0.5) is 27.5 Å². The van der Waals surface area contributed by atoms with Crippen molar-refractivity contribution in [3.05, 3.63) is 54.6 Å². The number of ether oxygens (including phenoxy) is 2. The van der Waals surface area contributed by atoms with Crippen molar-refractivity contribution in [1.82, 2.24) is 25.1 Å². The van der Waals surface area contributed by atoms with E-state index < -0.39 is 5.82 Å². The van der Waals surface area contributed by atoms with E-state index in [0.717, 1.165) is 17.1 Å². The van der Waals surface area contributed by atoms with Gasteiger partial charge in [-0.15, -0.1) is 0 Å². The largest absolute Gasteiger partial charge is 0.486 e. The van der Waals surface area contributed by atoms with E-state index in [2.05, 4.69) is 31.0 Å². The van der Waals surface area contributed by atoms with Crippen molar-refractivity contribution >= 4 is 40.0 Å². The number of hydrogen-bond donors (Lipinski definition) is 3. The first-order valence-corrected chi connectivity index (χ1v) is 10.2. The molecule has 0 saturated heterocycles. The lowest BCUT2D eigenvalue weighted by atomic mass is 10.2. The minimum absolute atomic E-state index is 0.0173. The quantitative estimate of drug-likeness (QED) is 0.412. The minimum Gasteiger partial charge on any atom is -0.486 e. The summed E-state index contributed by atoms with van der Waals surface area (Å²) in [7, 11) is 1.58. The van der Waals surface area contributed by atoms with Crippen LogP contribution in [-0.2, 0) is 11.3 Å².